The average molecular weight is 382 g/mol. The molecule has 0 saturated carbocycles. The summed E-state index contributed by atoms with van der Waals surface area (Å²) in [6.45, 7) is 0.595. The van der Waals surface area contributed by atoms with Gasteiger partial charge in [-0.2, -0.15) is 11.8 Å². The number of carbonyl (C=O) groups excluding carboxylic acids is 1. The van der Waals surface area contributed by atoms with E-state index in [9.17, 15) is 9.59 Å². The lowest BCUT2D eigenvalue weighted by molar-refractivity contribution is -0.120. The van der Waals surface area contributed by atoms with Gasteiger partial charge in [0.1, 0.15) is 10.7 Å². The van der Waals surface area contributed by atoms with Crippen molar-refractivity contribution in [3.63, 3.8) is 0 Å². The van der Waals surface area contributed by atoms with Crippen molar-refractivity contribution in [2.75, 3.05) is 18.9 Å². The topological polar surface area (TPSA) is 95.1 Å². The fourth-order valence-electron chi connectivity index (χ4n) is 3.01. The summed E-state index contributed by atoms with van der Waals surface area (Å²) in [5.74, 6) is 1.94. The number of nitrogens with zero attached hydrogens (tertiary/aromatic N) is 1. The fourth-order valence-corrected chi connectivity index (χ4v) is 5.09. The Morgan fingerprint density at radius 1 is 1.36 bits per heavy atom. The maximum Gasteiger partial charge on any atom is 0.259 e. The zero-order valence-electron chi connectivity index (χ0n) is 14.1. The molecule has 0 atom stereocenters. The molecule has 6 nitrogen and oxygen atoms in total. The molecule has 0 radical (unpaired) electrons. The van der Waals surface area contributed by atoms with Crippen LogP contribution in [0.5, 0.6) is 0 Å². The third kappa shape index (κ3) is 4.62. The SMILES string of the molecule is O=C(CCSCc1nc2sc3c(c2c(=O)[nH]1)CCCC3)NCCCO. The lowest BCUT2D eigenvalue weighted by atomic mass is 9.97. The number of hydrogen-bond acceptors (Lipinski definition) is 6. The van der Waals surface area contributed by atoms with E-state index in [4.69, 9.17) is 5.11 Å². The molecule has 0 aromatic carbocycles. The van der Waals surface area contributed by atoms with Crippen molar-refractivity contribution in [3.05, 3.63) is 26.6 Å². The second-order valence-electron chi connectivity index (χ2n) is 6.13. The summed E-state index contributed by atoms with van der Waals surface area (Å²) in [4.78, 5) is 33.7. The van der Waals surface area contributed by atoms with E-state index in [0.717, 1.165) is 29.5 Å². The van der Waals surface area contributed by atoms with Crippen molar-refractivity contribution in [2.45, 2.75) is 44.3 Å². The maximum atomic E-state index is 12.4. The van der Waals surface area contributed by atoms with Crippen LogP contribution >= 0.6 is 23.1 Å². The van der Waals surface area contributed by atoms with Gasteiger partial charge in [0, 0.05) is 30.2 Å². The molecule has 0 fully saturated rings. The molecule has 2 aromatic heterocycles. The lowest BCUT2D eigenvalue weighted by Crippen LogP contribution is -2.25. The van der Waals surface area contributed by atoms with Gasteiger partial charge in [0.25, 0.3) is 5.56 Å². The van der Waals surface area contributed by atoms with Crippen LogP contribution in [0.3, 0.4) is 0 Å². The van der Waals surface area contributed by atoms with Crippen LogP contribution in [-0.2, 0) is 23.4 Å². The number of nitrogens with one attached hydrogen (secondary N) is 2. The molecular weight excluding hydrogens is 358 g/mol. The van der Waals surface area contributed by atoms with E-state index < -0.39 is 0 Å². The number of carbonyl (C=O) groups is 1. The molecule has 0 spiro atoms. The highest BCUT2D eigenvalue weighted by atomic mass is 32.2. The molecule has 136 valence electrons. The van der Waals surface area contributed by atoms with E-state index in [1.807, 2.05) is 0 Å². The summed E-state index contributed by atoms with van der Waals surface area (Å²) < 4.78 is 0. The summed E-state index contributed by atoms with van der Waals surface area (Å²) in [7, 11) is 0. The van der Waals surface area contributed by atoms with Gasteiger partial charge in [0.15, 0.2) is 0 Å². The van der Waals surface area contributed by atoms with E-state index >= 15 is 0 Å². The van der Waals surface area contributed by atoms with Gasteiger partial charge >= 0.3 is 0 Å². The molecule has 8 heteroatoms. The largest absolute Gasteiger partial charge is 0.396 e. The summed E-state index contributed by atoms with van der Waals surface area (Å²) in [6.07, 6.45) is 5.40. The number of aliphatic hydroxyl groups excluding tert-OH is 1. The van der Waals surface area contributed by atoms with Crippen molar-refractivity contribution in [1.82, 2.24) is 15.3 Å². The van der Waals surface area contributed by atoms with E-state index in [0.29, 0.717) is 36.7 Å². The predicted molar refractivity (Wildman–Crippen MR) is 102 cm³/mol. The number of hydrogen-bond donors (Lipinski definition) is 3. The van der Waals surface area contributed by atoms with Crippen molar-refractivity contribution >= 4 is 39.2 Å². The molecule has 3 N–H and O–H groups in total. The number of H-pyrrole nitrogens is 1. The van der Waals surface area contributed by atoms with Crippen LogP contribution in [0.4, 0.5) is 0 Å². The number of aromatic nitrogens is 2. The molecule has 0 unspecified atom stereocenters. The third-order valence-electron chi connectivity index (χ3n) is 4.24. The van der Waals surface area contributed by atoms with Crippen LogP contribution in [0.25, 0.3) is 10.2 Å². The maximum absolute atomic E-state index is 12.4. The van der Waals surface area contributed by atoms with E-state index in [1.54, 1.807) is 23.1 Å². The summed E-state index contributed by atoms with van der Waals surface area (Å²) in [5, 5.41) is 12.2. The predicted octanol–water partition coefficient (Wildman–Crippen LogP) is 1.99. The monoisotopic (exact) mass is 381 g/mol. The molecule has 3 rings (SSSR count). The van der Waals surface area contributed by atoms with Crippen LogP contribution in [0.1, 0.15) is 41.9 Å². The minimum absolute atomic E-state index is 0.0104. The van der Waals surface area contributed by atoms with Crippen LogP contribution < -0.4 is 10.9 Å². The average Bonchev–Trinajstić information content (AvgIpc) is 2.98. The first-order valence-electron chi connectivity index (χ1n) is 8.68. The van der Waals surface area contributed by atoms with Crippen molar-refractivity contribution in [1.29, 1.82) is 0 Å². The molecular formula is C17H23N3O3S2. The van der Waals surface area contributed by atoms with Crippen LogP contribution in [-0.4, -0.2) is 39.9 Å². The first kappa shape index (κ1) is 18.4. The van der Waals surface area contributed by atoms with Gasteiger partial charge in [-0.15, -0.1) is 11.3 Å². The Morgan fingerprint density at radius 3 is 3.04 bits per heavy atom. The first-order chi connectivity index (χ1) is 12.2. The van der Waals surface area contributed by atoms with Gasteiger partial charge < -0.3 is 15.4 Å². The molecule has 1 amide bonds. The third-order valence-corrected chi connectivity index (χ3v) is 6.40. The number of thiophene rings is 1. The van der Waals surface area contributed by atoms with E-state index in [1.165, 1.54) is 16.9 Å². The molecule has 0 bridgehead atoms. The Balaban J connectivity index is 1.56. The molecule has 25 heavy (non-hydrogen) atoms. The normalized spacial score (nSPS) is 13.8. The zero-order chi connectivity index (χ0) is 17.6. The number of aromatic amines is 1. The summed E-state index contributed by atoms with van der Waals surface area (Å²) in [5.41, 5.74) is 1.18. The Labute approximate surface area is 154 Å². The van der Waals surface area contributed by atoms with Gasteiger partial charge in [-0.3, -0.25) is 9.59 Å². The lowest BCUT2D eigenvalue weighted by Gasteiger charge is -2.09. The second kappa shape index (κ2) is 8.82. The Hall–Kier alpha value is -1.38. The quantitative estimate of drug-likeness (QED) is 0.608. The summed E-state index contributed by atoms with van der Waals surface area (Å²) >= 11 is 3.25. The highest BCUT2D eigenvalue weighted by molar-refractivity contribution is 7.98. The number of aryl methyl sites for hydroxylation is 2. The van der Waals surface area contributed by atoms with Crippen molar-refractivity contribution in [3.8, 4) is 0 Å². The highest BCUT2D eigenvalue weighted by Crippen LogP contribution is 2.33. The molecule has 0 saturated heterocycles. The number of aliphatic hydroxyl groups is 1. The summed E-state index contributed by atoms with van der Waals surface area (Å²) in [6, 6.07) is 0. The molecule has 2 heterocycles. The van der Waals surface area contributed by atoms with Gasteiger partial charge in [0.2, 0.25) is 5.91 Å². The molecule has 1 aliphatic rings. The smallest absolute Gasteiger partial charge is 0.259 e. The minimum atomic E-state index is -0.0262. The van der Waals surface area contributed by atoms with Crippen molar-refractivity contribution < 1.29 is 9.90 Å². The first-order valence-corrected chi connectivity index (χ1v) is 10.6. The number of amides is 1. The Morgan fingerprint density at radius 2 is 2.20 bits per heavy atom. The molecule has 1 aliphatic carbocycles. The van der Waals surface area contributed by atoms with E-state index in [2.05, 4.69) is 15.3 Å². The van der Waals surface area contributed by atoms with Gasteiger partial charge in [0.05, 0.1) is 11.1 Å². The number of thioether (sulfide) groups is 1. The van der Waals surface area contributed by atoms with Crippen molar-refractivity contribution in [2.24, 2.45) is 0 Å². The van der Waals surface area contributed by atoms with Crippen LogP contribution in [0.15, 0.2) is 4.79 Å². The van der Waals surface area contributed by atoms with Gasteiger partial charge in [-0.25, -0.2) is 4.98 Å². The Bertz CT molecular complexity index is 800. The molecule has 0 aliphatic heterocycles. The van der Waals surface area contributed by atoms with Crippen LogP contribution in [0, 0.1) is 0 Å². The van der Waals surface area contributed by atoms with E-state index in [-0.39, 0.29) is 18.1 Å². The standard InChI is InChI=1S/C17H23N3O3S2/c21-8-3-7-18-14(22)6-9-24-10-13-19-16(23)15-11-4-1-2-5-12(11)25-17(15)20-13/h21H,1-10H2,(H,18,22)(H,19,20,23). The fraction of sp³-hybridized carbons (Fsp3) is 0.588. The minimum Gasteiger partial charge on any atom is -0.396 e. The number of fused-ring (bicyclic) bond motifs is 3. The second-order valence-corrected chi connectivity index (χ2v) is 8.32. The number of rotatable bonds is 8. The highest BCUT2D eigenvalue weighted by Gasteiger charge is 2.19. The Kier molecular flexibility index (Phi) is 6.50. The molecule has 2 aromatic rings. The van der Waals surface area contributed by atoms with Gasteiger partial charge in [-0.05, 0) is 37.7 Å². The van der Waals surface area contributed by atoms with Gasteiger partial charge in [-0.1, -0.05) is 0 Å². The van der Waals surface area contributed by atoms with Crippen LogP contribution in [0.2, 0.25) is 0 Å². The zero-order valence-corrected chi connectivity index (χ0v) is 15.7.